The van der Waals surface area contributed by atoms with Crippen molar-refractivity contribution in [1.82, 2.24) is 0 Å². The molecule has 2 heterocycles. The Morgan fingerprint density at radius 2 is 1.91 bits per heavy atom. The Hall–Kier alpha value is -4.14. The van der Waals surface area contributed by atoms with Gasteiger partial charge in [0.2, 0.25) is 11.7 Å². The minimum absolute atomic E-state index is 0.0370. The molecule has 0 saturated carbocycles. The molecule has 0 unspecified atom stereocenters. The molecule has 2 aromatic carbocycles. The van der Waals surface area contributed by atoms with Crippen molar-refractivity contribution in [1.29, 1.82) is 0 Å². The first kappa shape index (κ1) is 22.1. The molecule has 3 aromatic rings. The second-order valence-corrected chi connectivity index (χ2v) is 7.33. The second-order valence-electron chi connectivity index (χ2n) is 7.33. The Balaban J connectivity index is 1.25. The molecule has 1 aromatic heterocycles. The zero-order valence-electron chi connectivity index (χ0n) is 17.6. The second kappa shape index (κ2) is 9.99. The molecular formula is C24H21FN2O6. The summed E-state index contributed by atoms with van der Waals surface area (Å²) in [5.41, 5.74) is 1.20. The fourth-order valence-corrected chi connectivity index (χ4v) is 3.32. The van der Waals surface area contributed by atoms with Crippen LogP contribution in [0.5, 0.6) is 5.75 Å². The monoisotopic (exact) mass is 452 g/mol. The van der Waals surface area contributed by atoms with E-state index >= 15 is 0 Å². The smallest absolute Gasteiger partial charge is 0.374 e. The zero-order valence-corrected chi connectivity index (χ0v) is 17.6. The summed E-state index contributed by atoms with van der Waals surface area (Å²) in [6.45, 7) is 0.178. The summed E-state index contributed by atoms with van der Waals surface area (Å²) >= 11 is 0. The molecule has 1 fully saturated rings. The summed E-state index contributed by atoms with van der Waals surface area (Å²) in [6, 6.07) is 15.4. The summed E-state index contributed by atoms with van der Waals surface area (Å²) in [5, 5.41) is 2.64. The van der Waals surface area contributed by atoms with E-state index in [-0.39, 0.29) is 24.1 Å². The Morgan fingerprint density at radius 3 is 2.67 bits per heavy atom. The number of furan rings is 1. The molecule has 1 aliphatic rings. The molecule has 33 heavy (non-hydrogen) atoms. The van der Waals surface area contributed by atoms with E-state index in [0.29, 0.717) is 35.9 Å². The molecule has 0 spiro atoms. The first-order valence-corrected chi connectivity index (χ1v) is 10.3. The highest BCUT2D eigenvalue weighted by molar-refractivity contribution is 5.98. The summed E-state index contributed by atoms with van der Waals surface area (Å²) in [4.78, 5) is 37.9. The number of benzene rings is 2. The molecule has 1 N–H and O–H groups in total. The maximum absolute atomic E-state index is 12.9. The van der Waals surface area contributed by atoms with Gasteiger partial charge in [-0.15, -0.1) is 0 Å². The van der Waals surface area contributed by atoms with Gasteiger partial charge in [0.15, 0.2) is 6.61 Å². The van der Waals surface area contributed by atoms with Crippen molar-refractivity contribution in [2.75, 3.05) is 23.4 Å². The van der Waals surface area contributed by atoms with E-state index in [1.807, 2.05) is 0 Å². The number of hydrogen-bond donors (Lipinski definition) is 1. The highest BCUT2D eigenvalue weighted by atomic mass is 19.1. The predicted octanol–water partition coefficient (Wildman–Crippen LogP) is 3.92. The molecule has 0 bridgehead atoms. The average molecular weight is 452 g/mol. The minimum atomic E-state index is -0.797. The van der Waals surface area contributed by atoms with Gasteiger partial charge in [-0.3, -0.25) is 9.59 Å². The predicted molar refractivity (Wildman–Crippen MR) is 116 cm³/mol. The zero-order chi connectivity index (χ0) is 23.2. The molecular weight excluding hydrogens is 431 g/mol. The molecule has 8 nitrogen and oxygen atoms in total. The van der Waals surface area contributed by atoms with Gasteiger partial charge in [0.05, 0.1) is 0 Å². The highest BCUT2D eigenvalue weighted by Crippen LogP contribution is 2.24. The Labute approximate surface area is 188 Å². The van der Waals surface area contributed by atoms with Crippen LogP contribution in [0, 0.1) is 5.82 Å². The number of ether oxygens (including phenoxy) is 2. The number of halogens is 1. The number of amides is 2. The fraction of sp³-hybridized carbons (Fsp3) is 0.208. The highest BCUT2D eigenvalue weighted by Gasteiger charge is 2.22. The van der Waals surface area contributed by atoms with Crippen LogP contribution in [0.25, 0.3) is 0 Å². The molecule has 0 atom stereocenters. The molecule has 170 valence electrons. The number of rotatable bonds is 8. The van der Waals surface area contributed by atoms with Crippen molar-refractivity contribution in [3.63, 3.8) is 0 Å². The van der Waals surface area contributed by atoms with E-state index in [1.165, 1.54) is 30.3 Å². The molecule has 0 radical (unpaired) electrons. The maximum atomic E-state index is 12.9. The number of anilines is 2. The lowest BCUT2D eigenvalue weighted by Gasteiger charge is -2.16. The normalized spacial score (nSPS) is 13.1. The third-order valence-corrected chi connectivity index (χ3v) is 4.91. The quantitative estimate of drug-likeness (QED) is 0.520. The van der Waals surface area contributed by atoms with Gasteiger partial charge in [0, 0.05) is 24.3 Å². The van der Waals surface area contributed by atoms with E-state index in [9.17, 15) is 18.8 Å². The molecule has 4 rings (SSSR count). The lowest BCUT2D eigenvalue weighted by Crippen LogP contribution is -2.24. The number of carbonyl (C=O) groups excluding carboxylic acids is 3. The van der Waals surface area contributed by atoms with Crippen molar-refractivity contribution in [3.05, 3.63) is 78.0 Å². The number of nitrogens with zero attached hydrogens (tertiary/aromatic N) is 1. The number of nitrogens with one attached hydrogen (secondary N) is 1. The van der Waals surface area contributed by atoms with Gasteiger partial charge in [0.1, 0.15) is 23.9 Å². The SMILES string of the molecule is O=C(COC(=O)c1ccc(COc2ccc(F)cc2)o1)Nc1cccc(N2CCCC2=O)c1. The van der Waals surface area contributed by atoms with Gasteiger partial charge in [-0.05, 0) is 61.0 Å². The lowest BCUT2D eigenvalue weighted by atomic mass is 10.2. The third-order valence-electron chi connectivity index (χ3n) is 4.91. The van der Waals surface area contributed by atoms with Crippen molar-refractivity contribution < 1.29 is 32.7 Å². The maximum Gasteiger partial charge on any atom is 0.374 e. The van der Waals surface area contributed by atoms with Gasteiger partial charge < -0.3 is 24.1 Å². The van der Waals surface area contributed by atoms with Crippen LogP contribution >= 0.6 is 0 Å². The van der Waals surface area contributed by atoms with Crippen LogP contribution in [0.3, 0.4) is 0 Å². The molecule has 0 aliphatic carbocycles. The van der Waals surface area contributed by atoms with Crippen LogP contribution in [-0.2, 0) is 20.9 Å². The average Bonchev–Trinajstić information content (AvgIpc) is 3.46. The van der Waals surface area contributed by atoms with Gasteiger partial charge >= 0.3 is 5.97 Å². The molecule has 9 heteroatoms. The van der Waals surface area contributed by atoms with Crippen LogP contribution in [0.4, 0.5) is 15.8 Å². The molecule has 1 aliphatic heterocycles. The van der Waals surface area contributed by atoms with Gasteiger partial charge in [-0.1, -0.05) is 6.07 Å². The van der Waals surface area contributed by atoms with Crippen molar-refractivity contribution >= 4 is 29.2 Å². The van der Waals surface area contributed by atoms with E-state index in [4.69, 9.17) is 13.9 Å². The molecule has 2 amide bonds. The van der Waals surface area contributed by atoms with Crippen LogP contribution < -0.4 is 15.0 Å². The number of hydrogen-bond acceptors (Lipinski definition) is 6. The first-order valence-electron chi connectivity index (χ1n) is 10.3. The Kier molecular flexibility index (Phi) is 6.68. The lowest BCUT2D eigenvalue weighted by molar-refractivity contribution is -0.119. The number of carbonyl (C=O) groups is 3. The van der Waals surface area contributed by atoms with E-state index in [1.54, 1.807) is 35.2 Å². The van der Waals surface area contributed by atoms with Gasteiger partial charge in [-0.25, -0.2) is 9.18 Å². The van der Waals surface area contributed by atoms with Crippen molar-refractivity contribution in [3.8, 4) is 5.75 Å². The van der Waals surface area contributed by atoms with Crippen LogP contribution in [-0.4, -0.2) is 30.9 Å². The van der Waals surface area contributed by atoms with Crippen molar-refractivity contribution in [2.24, 2.45) is 0 Å². The Bertz CT molecular complexity index is 1160. The van der Waals surface area contributed by atoms with E-state index in [0.717, 1.165) is 6.42 Å². The topological polar surface area (TPSA) is 98.1 Å². The standard InChI is InChI=1S/C24H21FN2O6/c25-16-6-8-19(9-7-16)31-14-20-10-11-21(33-20)24(30)32-15-22(28)26-17-3-1-4-18(13-17)27-12-2-5-23(27)29/h1,3-4,6-11,13H,2,5,12,14-15H2,(H,26,28). The van der Waals surface area contributed by atoms with Crippen LogP contribution in [0.1, 0.15) is 29.2 Å². The van der Waals surface area contributed by atoms with Gasteiger partial charge in [-0.2, -0.15) is 0 Å². The number of esters is 1. The minimum Gasteiger partial charge on any atom is -0.486 e. The summed E-state index contributed by atoms with van der Waals surface area (Å²) in [6.07, 6.45) is 1.32. The van der Waals surface area contributed by atoms with Crippen LogP contribution in [0.15, 0.2) is 65.1 Å². The first-order chi connectivity index (χ1) is 16.0. The summed E-state index contributed by atoms with van der Waals surface area (Å²) < 4.78 is 28.8. The van der Waals surface area contributed by atoms with E-state index in [2.05, 4.69) is 5.32 Å². The van der Waals surface area contributed by atoms with Crippen molar-refractivity contribution in [2.45, 2.75) is 19.4 Å². The Morgan fingerprint density at radius 1 is 1.09 bits per heavy atom. The largest absolute Gasteiger partial charge is 0.486 e. The molecule has 1 saturated heterocycles. The van der Waals surface area contributed by atoms with E-state index < -0.39 is 18.5 Å². The summed E-state index contributed by atoms with van der Waals surface area (Å²) in [7, 11) is 0. The van der Waals surface area contributed by atoms with Crippen LogP contribution in [0.2, 0.25) is 0 Å². The fourth-order valence-electron chi connectivity index (χ4n) is 3.32. The summed E-state index contributed by atoms with van der Waals surface area (Å²) in [5.74, 6) is -0.905. The third kappa shape index (κ3) is 5.76. The van der Waals surface area contributed by atoms with Gasteiger partial charge in [0.25, 0.3) is 5.91 Å².